The lowest BCUT2D eigenvalue weighted by Crippen LogP contribution is -2.13. The van der Waals surface area contributed by atoms with Gasteiger partial charge in [-0.2, -0.15) is 0 Å². The van der Waals surface area contributed by atoms with Gasteiger partial charge in [-0.15, -0.1) is 0 Å². The second kappa shape index (κ2) is 11.2. The average molecular weight is 543 g/mol. The number of hydrogen-bond donors (Lipinski definition) is 0. The summed E-state index contributed by atoms with van der Waals surface area (Å²) in [4.78, 5) is 22.2. The van der Waals surface area contributed by atoms with Crippen LogP contribution in [0.5, 0.6) is 0 Å². The molecule has 0 aliphatic rings. The number of esters is 1. The standard InChI is InChI=1S/C34H30N4O3/c1-4-18-40-34(39)26-15-13-24(14-16-26)28-21-38(33(25-10-6-5-7-11-25)29-12-8-9-17-35-29)30-19-27(20-36-32(28)30)31-22(2)37-41-23(31)3/h5-17,19-21,33H,4,18H2,1-3H3/t33-/m1/s1. The van der Waals surface area contributed by atoms with E-state index in [1.54, 1.807) is 0 Å². The van der Waals surface area contributed by atoms with Gasteiger partial charge in [-0.25, -0.2) is 4.79 Å². The quantitative estimate of drug-likeness (QED) is 0.184. The van der Waals surface area contributed by atoms with Crippen LogP contribution in [0.3, 0.4) is 0 Å². The molecule has 7 heteroatoms. The molecule has 0 aliphatic carbocycles. The lowest BCUT2D eigenvalue weighted by Gasteiger charge is -2.20. The molecule has 0 amide bonds. The van der Waals surface area contributed by atoms with E-state index in [9.17, 15) is 4.79 Å². The van der Waals surface area contributed by atoms with Gasteiger partial charge < -0.3 is 13.8 Å². The predicted molar refractivity (Wildman–Crippen MR) is 159 cm³/mol. The van der Waals surface area contributed by atoms with Gasteiger partial charge in [0.15, 0.2) is 0 Å². The molecule has 204 valence electrons. The summed E-state index contributed by atoms with van der Waals surface area (Å²) >= 11 is 0. The van der Waals surface area contributed by atoms with Crippen molar-refractivity contribution in [3.8, 4) is 22.3 Å². The van der Waals surface area contributed by atoms with Crippen molar-refractivity contribution in [3.05, 3.63) is 126 Å². The Kier molecular flexibility index (Phi) is 7.17. The molecule has 0 spiro atoms. The third-order valence-electron chi connectivity index (χ3n) is 7.22. The maximum absolute atomic E-state index is 12.4. The van der Waals surface area contributed by atoms with Crippen molar-refractivity contribution in [2.75, 3.05) is 6.61 Å². The molecule has 0 aliphatic heterocycles. The van der Waals surface area contributed by atoms with Gasteiger partial charge in [0.1, 0.15) is 11.8 Å². The average Bonchev–Trinajstić information content (AvgIpc) is 3.55. The fourth-order valence-electron chi connectivity index (χ4n) is 5.29. The summed E-state index contributed by atoms with van der Waals surface area (Å²) in [5.74, 6) is 0.430. The van der Waals surface area contributed by atoms with Crippen LogP contribution in [-0.2, 0) is 4.74 Å². The Labute approximate surface area is 238 Å². The van der Waals surface area contributed by atoms with Crippen molar-refractivity contribution in [3.63, 3.8) is 0 Å². The lowest BCUT2D eigenvalue weighted by atomic mass is 10.0. The third-order valence-corrected chi connectivity index (χ3v) is 7.22. The molecule has 6 aromatic rings. The molecule has 0 fully saturated rings. The van der Waals surface area contributed by atoms with E-state index in [0.29, 0.717) is 12.2 Å². The van der Waals surface area contributed by atoms with Crippen LogP contribution in [0.2, 0.25) is 0 Å². The number of carbonyl (C=O) groups is 1. The largest absolute Gasteiger partial charge is 0.462 e. The molecule has 0 saturated carbocycles. The fourth-order valence-corrected chi connectivity index (χ4v) is 5.29. The summed E-state index contributed by atoms with van der Waals surface area (Å²) < 4.78 is 13.0. The maximum atomic E-state index is 12.4. The maximum Gasteiger partial charge on any atom is 0.338 e. The van der Waals surface area contributed by atoms with Crippen LogP contribution in [0.25, 0.3) is 33.3 Å². The van der Waals surface area contributed by atoms with Crippen molar-refractivity contribution in [1.82, 2.24) is 19.7 Å². The number of rotatable bonds is 8. The van der Waals surface area contributed by atoms with E-state index in [0.717, 1.165) is 62.4 Å². The Hall–Kier alpha value is -5.04. The van der Waals surface area contributed by atoms with E-state index < -0.39 is 0 Å². The first-order valence-corrected chi connectivity index (χ1v) is 13.7. The highest BCUT2D eigenvalue weighted by Crippen LogP contribution is 2.38. The first-order valence-electron chi connectivity index (χ1n) is 13.7. The second-order valence-corrected chi connectivity index (χ2v) is 10.0. The van der Waals surface area contributed by atoms with E-state index in [2.05, 4.69) is 34.1 Å². The van der Waals surface area contributed by atoms with Crippen LogP contribution in [-0.4, -0.2) is 32.3 Å². The van der Waals surface area contributed by atoms with Crippen molar-refractivity contribution < 1.29 is 14.1 Å². The highest BCUT2D eigenvalue weighted by molar-refractivity contribution is 5.96. The molecule has 2 aromatic carbocycles. The van der Waals surface area contributed by atoms with Crippen LogP contribution in [0.15, 0.2) is 102 Å². The van der Waals surface area contributed by atoms with E-state index >= 15 is 0 Å². The molecule has 0 saturated heterocycles. The van der Waals surface area contributed by atoms with E-state index in [1.807, 2.05) is 93.8 Å². The van der Waals surface area contributed by atoms with Gasteiger partial charge >= 0.3 is 5.97 Å². The summed E-state index contributed by atoms with van der Waals surface area (Å²) in [5, 5.41) is 4.16. The van der Waals surface area contributed by atoms with Gasteiger partial charge in [0.2, 0.25) is 0 Å². The van der Waals surface area contributed by atoms with Crippen molar-refractivity contribution in [2.24, 2.45) is 0 Å². The Morgan fingerprint density at radius 3 is 2.41 bits per heavy atom. The van der Waals surface area contributed by atoms with Crippen LogP contribution in [0.4, 0.5) is 0 Å². The minimum Gasteiger partial charge on any atom is -0.462 e. The van der Waals surface area contributed by atoms with Crippen molar-refractivity contribution in [1.29, 1.82) is 0 Å². The van der Waals surface area contributed by atoms with Crippen LogP contribution >= 0.6 is 0 Å². The molecule has 0 unspecified atom stereocenters. The summed E-state index contributed by atoms with van der Waals surface area (Å²) in [5.41, 5.74) is 8.93. The summed E-state index contributed by atoms with van der Waals surface area (Å²) in [6, 6.07) is 25.8. The molecule has 7 nitrogen and oxygen atoms in total. The van der Waals surface area contributed by atoms with E-state index in [-0.39, 0.29) is 12.0 Å². The molecule has 6 rings (SSSR count). The zero-order chi connectivity index (χ0) is 28.3. The van der Waals surface area contributed by atoms with Crippen LogP contribution in [0, 0.1) is 13.8 Å². The monoisotopic (exact) mass is 542 g/mol. The van der Waals surface area contributed by atoms with Gasteiger partial charge in [-0.3, -0.25) is 9.97 Å². The minimum atomic E-state index is -0.317. The Morgan fingerprint density at radius 1 is 0.951 bits per heavy atom. The molecular weight excluding hydrogens is 512 g/mol. The Balaban J connectivity index is 1.56. The highest BCUT2D eigenvalue weighted by Gasteiger charge is 2.24. The summed E-state index contributed by atoms with van der Waals surface area (Å²) in [6.45, 7) is 6.23. The van der Waals surface area contributed by atoms with Crippen molar-refractivity contribution >= 4 is 17.0 Å². The first-order chi connectivity index (χ1) is 20.0. The fraction of sp³-hybridized carbons (Fsp3) is 0.176. The summed E-state index contributed by atoms with van der Waals surface area (Å²) in [6.07, 6.45) is 6.61. The number of fused-ring (bicyclic) bond motifs is 1. The smallest absolute Gasteiger partial charge is 0.338 e. The van der Waals surface area contributed by atoms with Gasteiger partial charge in [0.05, 0.1) is 34.6 Å². The number of pyridine rings is 2. The number of carbonyl (C=O) groups excluding carboxylic acids is 1. The van der Waals surface area contributed by atoms with Gasteiger partial charge in [0, 0.05) is 35.3 Å². The number of aromatic nitrogens is 4. The SMILES string of the molecule is CCCOC(=O)c1ccc(-c2cn([C@H](c3ccccc3)c3ccccn3)c3cc(-c4c(C)noc4C)cnc23)cc1. The molecule has 0 bridgehead atoms. The molecule has 4 aromatic heterocycles. The van der Waals surface area contributed by atoms with Gasteiger partial charge in [-0.05, 0) is 61.7 Å². The van der Waals surface area contributed by atoms with E-state index in [1.165, 1.54) is 0 Å². The molecule has 0 radical (unpaired) electrons. The number of ether oxygens (including phenoxy) is 1. The second-order valence-electron chi connectivity index (χ2n) is 10.0. The lowest BCUT2D eigenvalue weighted by molar-refractivity contribution is 0.0505. The predicted octanol–water partition coefficient (Wildman–Crippen LogP) is 7.57. The number of benzene rings is 2. The minimum absolute atomic E-state index is 0.196. The molecule has 4 heterocycles. The number of aryl methyl sites for hydroxylation is 2. The summed E-state index contributed by atoms with van der Waals surface area (Å²) in [7, 11) is 0. The molecule has 0 N–H and O–H groups in total. The van der Waals surface area contributed by atoms with E-state index in [4.69, 9.17) is 19.2 Å². The first kappa shape index (κ1) is 26.2. The zero-order valence-corrected chi connectivity index (χ0v) is 23.2. The highest BCUT2D eigenvalue weighted by atomic mass is 16.5. The van der Waals surface area contributed by atoms with Gasteiger partial charge in [-0.1, -0.05) is 60.6 Å². The van der Waals surface area contributed by atoms with Crippen LogP contribution < -0.4 is 0 Å². The molecule has 1 atom stereocenters. The van der Waals surface area contributed by atoms with Gasteiger partial charge in [0.25, 0.3) is 0 Å². The number of nitrogens with zero attached hydrogens (tertiary/aromatic N) is 4. The Bertz CT molecular complexity index is 1750. The normalized spacial score (nSPS) is 12.0. The Morgan fingerprint density at radius 2 is 1.73 bits per heavy atom. The number of hydrogen-bond acceptors (Lipinski definition) is 6. The molecule has 41 heavy (non-hydrogen) atoms. The van der Waals surface area contributed by atoms with Crippen LogP contribution in [0.1, 0.15) is 52.5 Å². The topological polar surface area (TPSA) is 83.0 Å². The van der Waals surface area contributed by atoms with Crippen molar-refractivity contribution in [2.45, 2.75) is 33.2 Å². The third kappa shape index (κ3) is 5.02. The molecular formula is C34H30N4O3. The zero-order valence-electron chi connectivity index (χ0n) is 23.2.